The van der Waals surface area contributed by atoms with Crippen LogP contribution in [0, 0.1) is 0 Å². The van der Waals surface area contributed by atoms with Gasteiger partial charge in [0, 0.05) is 12.5 Å². The molecule has 0 unspecified atom stereocenters. The molecule has 1 saturated carbocycles. The van der Waals surface area contributed by atoms with E-state index in [4.69, 9.17) is 9.84 Å². The van der Waals surface area contributed by atoms with Crippen LogP contribution in [-0.2, 0) is 0 Å². The third-order valence-corrected chi connectivity index (χ3v) is 5.54. The summed E-state index contributed by atoms with van der Waals surface area (Å²) in [5.74, 6) is 1.19. The van der Waals surface area contributed by atoms with Gasteiger partial charge < -0.3 is 15.0 Å². The maximum absolute atomic E-state index is 13.1. The minimum atomic E-state index is -0.112. The standard InChI is InChI=1S/C24H28N4O2/c1-27(2)23(18-11-13-20(30-3)14-12-18)16-25-24(29)22-15-21(17-9-10-17)26-28(22)19-7-5-4-6-8-19/h4-8,11-15,17,23H,9-10,16H2,1-3H3,(H,25,29)/t23-/m0/s1. The number of amides is 1. The van der Waals surface area contributed by atoms with Crippen molar-refractivity contribution in [2.45, 2.75) is 24.8 Å². The summed E-state index contributed by atoms with van der Waals surface area (Å²) < 4.78 is 7.02. The highest BCUT2D eigenvalue weighted by Gasteiger charge is 2.29. The molecule has 1 aromatic heterocycles. The molecular formula is C24H28N4O2. The normalized spacial score (nSPS) is 14.5. The Labute approximate surface area is 177 Å². The second-order valence-corrected chi connectivity index (χ2v) is 7.94. The van der Waals surface area contributed by atoms with E-state index < -0.39 is 0 Å². The Balaban J connectivity index is 1.54. The molecule has 156 valence electrons. The molecule has 6 heteroatoms. The number of hydrogen-bond acceptors (Lipinski definition) is 4. The third kappa shape index (κ3) is 4.39. The van der Waals surface area contributed by atoms with Gasteiger partial charge in [0.2, 0.25) is 0 Å². The van der Waals surface area contributed by atoms with Gasteiger partial charge in [0.25, 0.3) is 5.91 Å². The number of nitrogens with one attached hydrogen (secondary N) is 1. The van der Waals surface area contributed by atoms with E-state index in [1.54, 1.807) is 11.8 Å². The van der Waals surface area contributed by atoms with Gasteiger partial charge >= 0.3 is 0 Å². The van der Waals surface area contributed by atoms with Gasteiger partial charge in [-0.3, -0.25) is 4.79 Å². The maximum atomic E-state index is 13.1. The van der Waals surface area contributed by atoms with E-state index in [9.17, 15) is 4.79 Å². The Kier molecular flexibility index (Phi) is 5.86. The zero-order chi connectivity index (χ0) is 21.1. The average molecular weight is 405 g/mol. The highest BCUT2D eigenvalue weighted by atomic mass is 16.5. The van der Waals surface area contributed by atoms with Crippen LogP contribution in [0.5, 0.6) is 5.75 Å². The maximum Gasteiger partial charge on any atom is 0.270 e. The minimum Gasteiger partial charge on any atom is -0.497 e. The Morgan fingerprint density at radius 3 is 2.47 bits per heavy atom. The number of nitrogens with zero attached hydrogens (tertiary/aromatic N) is 3. The molecule has 3 aromatic rings. The molecule has 1 atom stereocenters. The average Bonchev–Trinajstić information content (AvgIpc) is 3.52. The van der Waals surface area contributed by atoms with Crippen LogP contribution in [0.4, 0.5) is 0 Å². The van der Waals surface area contributed by atoms with Crippen LogP contribution in [0.25, 0.3) is 5.69 Å². The molecule has 1 fully saturated rings. The van der Waals surface area contributed by atoms with Crippen molar-refractivity contribution in [1.29, 1.82) is 0 Å². The number of hydrogen-bond donors (Lipinski definition) is 1. The van der Waals surface area contributed by atoms with Gasteiger partial charge in [0.1, 0.15) is 11.4 Å². The first-order chi connectivity index (χ1) is 14.6. The molecule has 1 heterocycles. The summed E-state index contributed by atoms with van der Waals surface area (Å²) in [6.45, 7) is 0.497. The Hall–Kier alpha value is -3.12. The number of carbonyl (C=O) groups is 1. The summed E-state index contributed by atoms with van der Waals surface area (Å²) >= 11 is 0. The van der Waals surface area contributed by atoms with E-state index in [0.29, 0.717) is 18.2 Å². The molecule has 6 nitrogen and oxygen atoms in total. The Bertz CT molecular complexity index is 992. The summed E-state index contributed by atoms with van der Waals surface area (Å²) in [5, 5.41) is 7.85. The molecule has 1 aliphatic carbocycles. The van der Waals surface area contributed by atoms with E-state index in [1.807, 2.05) is 74.8 Å². The first kappa shape index (κ1) is 20.2. The van der Waals surface area contributed by atoms with Crippen molar-refractivity contribution in [3.63, 3.8) is 0 Å². The van der Waals surface area contributed by atoms with E-state index in [-0.39, 0.29) is 11.9 Å². The number of methoxy groups -OCH3 is 1. The van der Waals surface area contributed by atoms with Gasteiger partial charge in [0.05, 0.1) is 24.5 Å². The van der Waals surface area contributed by atoms with Gasteiger partial charge in [-0.2, -0.15) is 5.10 Å². The lowest BCUT2D eigenvalue weighted by Crippen LogP contribution is -2.35. The Morgan fingerprint density at radius 1 is 1.17 bits per heavy atom. The molecule has 0 spiro atoms. The molecule has 0 bridgehead atoms. The van der Waals surface area contributed by atoms with Crippen LogP contribution in [0.15, 0.2) is 60.7 Å². The summed E-state index contributed by atoms with van der Waals surface area (Å²) in [4.78, 5) is 15.2. The van der Waals surface area contributed by atoms with Crippen LogP contribution in [-0.4, -0.2) is 48.3 Å². The topological polar surface area (TPSA) is 59.4 Å². The third-order valence-electron chi connectivity index (χ3n) is 5.54. The van der Waals surface area contributed by atoms with Gasteiger partial charge in [-0.1, -0.05) is 30.3 Å². The molecule has 4 rings (SSSR count). The molecule has 0 aliphatic heterocycles. The molecule has 2 aromatic carbocycles. The quantitative estimate of drug-likeness (QED) is 0.621. The fourth-order valence-electron chi connectivity index (χ4n) is 3.61. The minimum absolute atomic E-state index is 0.0517. The smallest absolute Gasteiger partial charge is 0.270 e. The number of likely N-dealkylation sites (N-methyl/N-ethyl adjacent to an activating group) is 1. The summed E-state index contributed by atoms with van der Waals surface area (Å²) in [5.41, 5.74) is 3.60. The van der Waals surface area contributed by atoms with Crippen LogP contribution < -0.4 is 10.1 Å². The predicted octanol–water partition coefficient (Wildman–Crippen LogP) is 3.79. The lowest BCUT2D eigenvalue weighted by molar-refractivity contribution is 0.0934. The highest BCUT2D eigenvalue weighted by Crippen LogP contribution is 2.39. The van der Waals surface area contributed by atoms with Gasteiger partial charge in [-0.05, 0) is 62.8 Å². The zero-order valence-corrected chi connectivity index (χ0v) is 17.7. The van der Waals surface area contributed by atoms with E-state index in [2.05, 4.69) is 10.2 Å². The molecule has 0 saturated heterocycles. The van der Waals surface area contributed by atoms with Crippen LogP contribution in [0.1, 0.15) is 46.5 Å². The van der Waals surface area contributed by atoms with Crippen LogP contribution in [0.2, 0.25) is 0 Å². The fraction of sp³-hybridized carbons (Fsp3) is 0.333. The molecule has 1 amide bonds. The van der Waals surface area contributed by atoms with Crippen molar-refractivity contribution in [2.24, 2.45) is 0 Å². The largest absolute Gasteiger partial charge is 0.497 e. The summed E-state index contributed by atoms with van der Waals surface area (Å²) in [6, 6.07) is 19.8. The lowest BCUT2D eigenvalue weighted by Gasteiger charge is -2.25. The molecule has 1 N–H and O–H groups in total. The molecular weight excluding hydrogens is 376 g/mol. The SMILES string of the molecule is COc1ccc([C@H](CNC(=O)c2cc(C3CC3)nn2-c2ccccc2)N(C)C)cc1. The van der Waals surface area contributed by atoms with Crippen molar-refractivity contribution < 1.29 is 9.53 Å². The van der Waals surface area contributed by atoms with E-state index >= 15 is 0 Å². The first-order valence-electron chi connectivity index (χ1n) is 10.3. The number of benzene rings is 2. The van der Waals surface area contributed by atoms with Crippen molar-refractivity contribution in [3.8, 4) is 11.4 Å². The summed E-state index contributed by atoms with van der Waals surface area (Å²) in [6.07, 6.45) is 2.29. The van der Waals surface area contributed by atoms with E-state index in [0.717, 1.165) is 35.5 Å². The monoisotopic (exact) mass is 404 g/mol. The number of rotatable bonds is 8. The van der Waals surface area contributed by atoms with Gasteiger partial charge in [0.15, 0.2) is 0 Å². The highest BCUT2D eigenvalue weighted by molar-refractivity contribution is 5.93. The second-order valence-electron chi connectivity index (χ2n) is 7.94. The Morgan fingerprint density at radius 2 is 1.87 bits per heavy atom. The number of aromatic nitrogens is 2. The van der Waals surface area contributed by atoms with Gasteiger partial charge in [-0.25, -0.2) is 4.68 Å². The van der Waals surface area contributed by atoms with Crippen molar-refractivity contribution in [2.75, 3.05) is 27.7 Å². The van der Waals surface area contributed by atoms with Crippen molar-refractivity contribution in [3.05, 3.63) is 77.6 Å². The number of para-hydroxylation sites is 1. The zero-order valence-electron chi connectivity index (χ0n) is 17.7. The summed E-state index contributed by atoms with van der Waals surface area (Å²) in [7, 11) is 5.69. The van der Waals surface area contributed by atoms with E-state index in [1.165, 1.54) is 0 Å². The van der Waals surface area contributed by atoms with Crippen LogP contribution in [0.3, 0.4) is 0 Å². The van der Waals surface area contributed by atoms with Crippen LogP contribution >= 0.6 is 0 Å². The second kappa shape index (κ2) is 8.71. The lowest BCUT2D eigenvalue weighted by atomic mass is 10.1. The molecule has 0 radical (unpaired) electrons. The fourth-order valence-corrected chi connectivity index (χ4v) is 3.61. The molecule has 1 aliphatic rings. The predicted molar refractivity (Wildman–Crippen MR) is 117 cm³/mol. The van der Waals surface area contributed by atoms with Gasteiger partial charge in [-0.15, -0.1) is 0 Å². The van der Waals surface area contributed by atoms with Crippen molar-refractivity contribution in [1.82, 2.24) is 20.0 Å². The van der Waals surface area contributed by atoms with Crippen molar-refractivity contribution >= 4 is 5.91 Å². The first-order valence-corrected chi connectivity index (χ1v) is 10.3. The number of carbonyl (C=O) groups excluding carboxylic acids is 1. The molecule has 30 heavy (non-hydrogen) atoms. The number of ether oxygens (including phenoxy) is 1.